The summed E-state index contributed by atoms with van der Waals surface area (Å²) in [6, 6.07) is -0.0282. The number of nitrogens with one attached hydrogen (secondary N) is 1. The van der Waals surface area contributed by atoms with E-state index in [0.29, 0.717) is 58.7 Å². The van der Waals surface area contributed by atoms with Gasteiger partial charge < -0.3 is 19.9 Å². The zero-order valence-corrected chi connectivity index (χ0v) is 16.5. The Hall–Kier alpha value is -1.39. The SMILES string of the molecule is CCOC(=O)N1CCC(NC(=O)CCS(=O)(=O)N2CCN(C)CC2)CC1. The first-order chi connectivity index (χ1) is 12.3. The van der Waals surface area contributed by atoms with Gasteiger partial charge in [0.05, 0.1) is 12.4 Å². The maximum atomic E-state index is 12.3. The zero-order valence-electron chi connectivity index (χ0n) is 15.6. The Kier molecular flexibility index (Phi) is 7.66. The lowest BCUT2D eigenvalue weighted by molar-refractivity contribution is -0.121. The Labute approximate surface area is 155 Å². The van der Waals surface area contributed by atoms with Crippen LogP contribution in [0.5, 0.6) is 0 Å². The number of amides is 2. The van der Waals surface area contributed by atoms with E-state index >= 15 is 0 Å². The van der Waals surface area contributed by atoms with Crippen molar-refractivity contribution >= 4 is 22.0 Å². The van der Waals surface area contributed by atoms with Crippen molar-refractivity contribution in [1.29, 1.82) is 0 Å². The molecule has 0 radical (unpaired) electrons. The van der Waals surface area contributed by atoms with E-state index in [1.807, 2.05) is 7.05 Å². The minimum Gasteiger partial charge on any atom is -0.450 e. The average Bonchev–Trinajstić information content (AvgIpc) is 2.61. The van der Waals surface area contributed by atoms with Gasteiger partial charge in [0, 0.05) is 51.7 Å². The lowest BCUT2D eigenvalue weighted by Gasteiger charge is -2.32. The van der Waals surface area contributed by atoms with Gasteiger partial charge in [-0.15, -0.1) is 0 Å². The number of piperazine rings is 1. The van der Waals surface area contributed by atoms with Gasteiger partial charge in [-0.05, 0) is 26.8 Å². The first-order valence-corrected chi connectivity index (χ1v) is 10.8. The molecule has 0 bridgehead atoms. The predicted molar refractivity (Wildman–Crippen MR) is 97.2 cm³/mol. The van der Waals surface area contributed by atoms with Crippen LogP contribution in [0.25, 0.3) is 0 Å². The Morgan fingerprint density at radius 1 is 1.08 bits per heavy atom. The molecule has 0 aliphatic carbocycles. The van der Waals surface area contributed by atoms with E-state index in [9.17, 15) is 18.0 Å². The maximum Gasteiger partial charge on any atom is 0.409 e. The van der Waals surface area contributed by atoms with E-state index in [0.717, 1.165) is 0 Å². The number of likely N-dealkylation sites (tertiary alicyclic amines) is 1. The summed E-state index contributed by atoms with van der Waals surface area (Å²) in [5.74, 6) is -0.415. The molecule has 2 fully saturated rings. The van der Waals surface area contributed by atoms with Crippen LogP contribution in [0.4, 0.5) is 4.79 Å². The quantitative estimate of drug-likeness (QED) is 0.668. The van der Waals surface area contributed by atoms with Gasteiger partial charge in [0.15, 0.2) is 0 Å². The molecule has 0 aromatic carbocycles. The first-order valence-electron chi connectivity index (χ1n) is 9.19. The smallest absolute Gasteiger partial charge is 0.409 e. The molecule has 1 N–H and O–H groups in total. The number of nitrogens with zero attached hydrogens (tertiary/aromatic N) is 3. The molecule has 2 rings (SSSR count). The van der Waals surface area contributed by atoms with Gasteiger partial charge in [0.2, 0.25) is 15.9 Å². The number of carbonyl (C=O) groups excluding carboxylic acids is 2. The van der Waals surface area contributed by atoms with E-state index < -0.39 is 10.0 Å². The summed E-state index contributed by atoms with van der Waals surface area (Å²) >= 11 is 0. The van der Waals surface area contributed by atoms with Gasteiger partial charge in [-0.1, -0.05) is 0 Å². The number of piperidine rings is 1. The minimum absolute atomic E-state index is 0.0282. The molecule has 0 aromatic rings. The molecule has 0 spiro atoms. The van der Waals surface area contributed by atoms with Crippen molar-refractivity contribution in [3.05, 3.63) is 0 Å². The summed E-state index contributed by atoms with van der Waals surface area (Å²) in [4.78, 5) is 27.5. The maximum absolute atomic E-state index is 12.3. The van der Waals surface area contributed by atoms with Crippen LogP contribution >= 0.6 is 0 Å². The van der Waals surface area contributed by atoms with Crippen LogP contribution in [-0.4, -0.2) is 99.2 Å². The number of hydrogen-bond acceptors (Lipinski definition) is 6. The highest BCUT2D eigenvalue weighted by Crippen LogP contribution is 2.12. The molecule has 26 heavy (non-hydrogen) atoms. The number of rotatable bonds is 6. The van der Waals surface area contributed by atoms with Crippen molar-refractivity contribution in [2.24, 2.45) is 0 Å². The number of hydrogen-bond donors (Lipinski definition) is 1. The first kappa shape index (κ1) is 20.9. The van der Waals surface area contributed by atoms with Crippen molar-refractivity contribution in [2.45, 2.75) is 32.2 Å². The molecule has 2 aliphatic heterocycles. The Bertz CT molecular complexity index is 581. The second-order valence-electron chi connectivity index (χ2n) is 6.80. The predicted octanol–water partition coefficient (Wildman–Crippen LogP) is -0.309. The lowest BCUT2D eigenvalue weighted by Crippen LogP contribution is -2.49. The van der Waals surface area contributed by atoms with E-state index in [4.69, 9.17) is 4.74 Å². The molecule has 0 aromatic heterocycles. The molecule has 2 saturated heterocycles. The molecule has 0 saturated carbocycles. The van der Waals surface area contributed by atoms with Gasteiger partial charge in [0.1, 0.15) is 0 Å². The fraction of sp³-hybridized carbons (Fsp3) is 0.875. The summed E-state index contributed by atoms with van der Waals surface area (Å²) < 4.78 is 31.1. The van der Waals surface area contributed by atoms with E-state index in [1.165, 1.54) is 4.31 Å². The monoisotopic (exact) mass is 390 g/mol. The summed E-state index contributed by atoms with van der Waals surface area (Å²) in [6.07, 6.45) is 0.939. The van der Waals surface area contributed by atoms with Crippen molar-refractivity contribution in [1.82, 2.24) is 19.4 Å². The molecular formula is C16H30N4O5S. The van der Waals surface area contributed by atoms with Gasteiger partial charge in [-0.25, -0.2) is 13.2 Å². The van der Waals surface area contributed by atoms with Crippen LogP contribution in [0.3, 0.4) is 0 Å². The highest BCUT2D eigenvalue weighted by Gasteiger charge is 2.28. The van der Waals surface area contributed by atoms with Crippen LogP contribution in [-0.2, 0) is 19.6 Å². The van der Waals surface area contributed by atoms with Crippen LogP contribution in [0.15, 0.2) is 0 Å². The molecule has 0 atom stereocenters. The van der Waals surface area contributed by atoms with Gasteiger partial charge in [-0.3, -0.25) is 4.79 Å². The minimum atomic E-state index is -3.39. The summed E-state index contributed by atoms with van der Waals surface area (Å²) in [6.45, 7) is 5.56. The molecular weight excluding hydrogens is 360 g/mol. The number of sulfonamides is 1. The van der Waals surface area contributed by atoms with Gasteiger partial charge in [-0.2, -0.15) is 4.31 Å². The lowest BCUT2D eigenvalue weighted by atomic mass is 10.1. The molecule has 150 valence electrons. The van der Waals surface area contributed by atoms with Gasteiger partial charge in [0.25, 0.3) is 0 Å². The second kappa shape index (κ2) is 9.52. The number of carbonyl (C=O) groups is 2. The van der Waals surface area contributed by atoms with Crippen LogP contribution in [0.1, 0.15) is 26.2 Å². The average molecular weight is 391 g/mol. The standard InChI is InChI=1S/C16H30N4O5S/c1-3-25-16(22)19-7-4-14(5-8-19)17-15(21)6-13-26(23,24)20-11-9-18(2)10-12-20/h14H,3-13H2,1-2H3,(H,17,21). The largest absolute Gasteiger partial charge is 0.450 e. The number of likely N-dealkylation sites (N-methyl/N-ethyl adjacent to an activating group) is 1. The van der Waals surface area contributed by atoms with E-state index in [-0.39, 0.29) is 30.2 Å². The molecule has 0 unspecified atom stereocenters. The summed E-state index contributed by atoms with van der Waals surface area (Å²) in [5.41, 5.74) is 0. The molecule has 10 heteroatoms. The van der Waals surface area contributed by atoms with Crippen molar-refractivity contribution in [3.63, 3.8) is 0 Å². The van der Waals surface area contributed by atoms with E-state index in [2.05, 4.69) is 10.2 Å². The van der Waals surface area contributed by atoms with Crippen molar-refractivity contribution in [2.75, 3.05) is 58.7 Å². The third-order valence-corrected chi connectivity index (χ3v) is 6.70. The third-order valence-electron chi connectivity index (χ3n) is 4.83. The van der Waals surface area contributed by atoms with E-state index in [1.54, 1.807) is 11.8 Å². The third kappa shape index (κ3) is 6.10. The molecule has 9 nitrogen and oxygen atoms in total. The topological polar surface area (TPSA) is 99.3 Å². The highest BCUT2D eigenvalue weighted by atomic mass is 32.2. The fourth-order valence-electron chi connectivity index (χ4n) is 3.14. The summed E-state index contributed by atoms with van der Waals surface area (Å²) in [7, 11) is -1.43. The van der Waals surface area contributed by atoms with Crippen LogP contribution < -0.4 is 5.32 Å². The second-order valence-corrected chi connectivity index (χ2v) is 8.88. The normalized spacial score (nSPS) is 20.8. The highest BCUT2D eigenvalue weighted by molar-refractivity contribution is 7.89. The number of ether oxygens (including phenoxy) is 1. The fourth-order valence-corrected chi connectivity index (χ4v) is 4.56. The molecule has 2 amide bonds. The Balaban J connectivity index is 1.70. The van der Waals surface area contributed by atoms with Gasteiger partial charge >= 0.3 is 6.09 Å². The van der Waals surface area contributed by atoms with Crippen LogP contribution in [0, 0.1) is 0 Å². The Morgan fingerprint density at radius 2 is 1.69 bits per heavy atom. The van der Waals surface area contributed by atoms with Crippen molar-refractivity contribution in [3.8, 4) is 0 Å². The molecule has 2 aliphatic rings. The van der Waals surface area contributed by atoms with Crippen molar-refractivity contribution < 1.29 is 22.7 Å². The molecule has 2 heterocycles. The summed E-state index contributed by atoms with van der Waals surface area (Å²) in [5, 5.41) is 2.88. The zero-order chi connectivity index (χ0) is 19.2. The Morgan fingerprint density at radius 3 is 2.27 bits per heavy atom. The van der Waals surface area contributed by atoms with Crippen LogP contribution in [0.2, 0.25) is 0 Å².